The summed E-state index contributed by atoms with van der Waals surface area (Å²) in [5, 5.41) is 4.75. The summed E-state index contributed by atoms with van der Waals surface area (Å²) in [5.41, 5.74) is 3.65. The number of benzene rings is 1. The fraction of sp³-hybridized carbons (Fsp3) is 0.529. The monoisotopic (exact) mass is 259 g/mol. The molecule has 104 valence electrons. The van der Waals surface area contributed by atoms with Gasteiger partial charge in [-0.1, -0.05) is 45.9 Å². The van der Waals surface area contributed by atoms with Crippen LogP contribution in [0.3, 0.4) is 0 Å². The van der Waals surface area contributed by atoms with Gasteiger partial charge in [0.25, 0.3) is 0 Å². The van der Waals surface area contributed by atoms with E-state index in [9.17, 15) is 0 Å². The summed E-state index contributed by atoms with van der Waals surface area (Å²) in [5.74, 6) is 1.74. The van der Waals surface area contributed by atoms with E-state index in [1.54, 1.807) is 0 Å². The van der Waals surface area contributed by atoms with E-state index < -0.39 is 0 Å². The van der Waals surface area contributed by atoms with Crippen molar-refractivity contribution in [3.63, 3.8) is 0 Å². The number of hydrogen-bond donors (Lipinski definition) is 1. The number of nitrogens with one attached hydrogen (secondary N) is 1. The molecule has 0 aliphatic heterocycles. The SMILES string of the molecule is Cc1cccc2c(CC(C)C)c(CNC(C)C)oc12. The molecule has 2 aromatic rings. The molecule has 0 bridgehead atoms. The molecule has 2 nitrogen and oxygen atoms in total. The number of fused-ring (bicyclic) bond motifs is 1. The van der Waals surface area contributed by atoms with Gasteiger partial charge in [0.2, 0.25) is 0 Å². The van der Waals surface area contributed by atoms with Crippen LogP contribution in [0.4, 0.5) is 0 Å². The zero-order valence-electron chi connectivity index (χ0n) is 12.7. The van der Waals surface area contributed by atoms with Crippen molar-refractivity contribution in [1.82, 2.24) is 5.32 Å². The fourth-order valence-corrected chi connectivity index (χ4v) is 2.43. The molecular formula is C17H25NO. The first kappa shape index (κ1) is 14.1. The van der Waals surface area contributed by atoms with E-state index in [-0.39, 0.29) is 0 Å². The Morgan fingerprint density at radius 2 is 1.89 bits per heavy atom. The lowest BCUT2D eigenvalue weighted by Crippen LogP contribution is -2.22. The van der Waals surface area contributed by atoms with E-state index in [0.29, 0.717) is 12.0 Å². The Morgan fingerprint density at radius 1 is 1.16 bits per heavy atom. The van der Waals surface area contributed by atoms with Crippen molar-refractivity contribution < 1.29 is 4.42 Å². The van der Waals surface area contributed by atoms with Gasteiger partial charge in [-0.3, -0.25) is 0 Å². The molecule has 1 aromatic carbocycles. The lowest BCUT2D eigenvalue weighted by atomic mass is 9.99. The summed E-state index contributed by atoms with van der Waals surface area (Å²) >= 11 is 0. The summed E-state index contributed by atoms with van der Waals surface area (Å²) in [6.45, 7) is 11.8. The van der Waals surface area contributed by atoms with Gasteiger partial charge in [-0.05, 0) is 24.8 Å². The Balaban J connectivity index is 2.45. The molecule has 0 saturated heterocycles. The molecular weight excluding hydrogens is 234 g/mol. The summed E-state index contributed by atoms with van der Waals surface area (Å²) < 4.78 is 6.12. The van der Waals surface area contributed by atoms with Crippen LogP contribution < -0.4 is 5.32 Å². The number of para-hydroxylation sites is 1. The summed E-state index contributed by atoms with van der Waals surface area (Å²) in [6, 6.07) is 6.89. The predicted octanol–water partition coefficient (Wildman–Crippen LogP) is 4.44. The molecule has 0 fully saturated rings. The average molecular weight is 259 g/mol. The van der Waals surface area contributed by atoms with Crippen LogP contribution in [0.1, 0.15) is 44.6 Å². The first-order valence-electron chi connectivity index (χ1n) is 7.22. The predicted molar refractivity (Wildman–Crippen MR) is 81.5 cm³/mol. The highest BCUT2D eigenvalue weighted by Gasteiger charge is 2.16. The van der Waals surface area contributed by atoms with Crippen LogP contribution in [0.5, 0.6) is 0 Å². The highest BCUT2D eigenvalue weighted by molar-refractivity contribution is 5.84. The Morgan fingerprint density at radius 3 is 2.53 bits per heavy atom. The molecule has 0 aliphatic carbocycles. The molecule has 1 N–H and O–H groups in total. The van der Waals surface area contributed by atoms with Crippen molar-refractivity contribution in [2.75, 3.05) is 0 Å². The third kappa shape index (κ3) is 3.19. The van der Waals surface area contributed by atoms with Gasteiger partial charge in [-0.2, -0.15) is 0 Å². The number of hydrogen-bond acceptors (Lipinski definition) is 2. The lowest BCUT2D eigenvalue weighted by molar-refractivity contribution is 0.478. The van der Waals surface area contributed by atoms with Gasteiger partial charge in [0.1, 0.15) is 11.3 Å². The third-order valence-electron chi connectivity index (χ3n) is 3.38. The Kier molecular flexibility index (Phi) is 4.31. The molecule has 0 atom stereocenters. The maximum Gasteiger partial charge on any atom is 0.137 e. The smallest absolute Gasteiger partial charge is 0.137 e. The zero-order valence-corrected chi connectivity index (χ0v) is 12.7. The minimum Gasteiger partial charge on any atom is -0.459 e. The molecule has 0 unspecified atom stereocenters. The minimum absolute atomic E-state index is 0.473. The van der Waals surface area contributed by atoms with E-state index in [2.05, 4.69) is 58.1 Å². The third-order valence-corrected chi connectivity index (χ3v) is 3.38. The molecule has 2 rings (SSSR count). The van der Waals surface area contributed by atoms with E-state index in [1.807, 2.05) is 0 Å². The number of rotatable bonds is 5. The van der Waals surface area contributed by atoms with E-state index >= 15 is 0 Å². The van der Waals surface area contributed by atoms with Gasteiger partial charge < -0.3 is 9.73 Å². The van der Waals surface area contributed by atoms with Crippen molar-refractivity contribution in [3.8, 4) is 0 Å². The molecule has 0 aliphatic rings. The van der Waals surface area contributed by atoms with Crippen molar-refractivity contribution in [2.24, 2.45) is 5.92 Å². The van der Waals surface area contributed by atoms with E-state index in [0.717, 1.165) is 24.3 Å². The molecule has 1 aromatic heterocycles. The van der Waals surface area contributed by atoms with Crippen molar-refractivity contribution in [3.05, 3.63) is 35.1 Å². The highest BCUT2D eigenvalue weighted by atomic mass is 16.3. The van der Waals surface area contributed by atoms with E-state index in [4.69, 9.17) is 4.42 Å². The number of furan rings is 1. The maximum atomic E-state index is 6.12. The fourth-order valence-electron chi connectivity index (χ4n) is 2.43. The average Bonchev–Trinajstić information content (AvgIpc) is 2.66. The van der Waals surface area contributed by atoms with Crippen LogP contribution in [-0.4, -0.2) is 6.04 Å². The molecule has 0 spiro atoms. The quantitative estimate of drug-likeness (QED) is 0.859. The zero-order chi connectivity index (χ0) is 14.0. The van der Waals surface area contributed by atoms with Crippen molar-refractivity contribution in [1.29, 1.82) is 0 Å². The van der Waals surface area contributed by atoms with Gasteiger partial charge in [-0.15, -0.1) is 0 Å². The van der Waals surface area contributed by atoms with Gasteiger partial charge in [-0.25, -0.2) is 0 Å². The largest absolute Gasteiger partial charge is 0.459 e. The van der Waals surface area contributed by atoms with Crippen LogP contribution in [0.2, 0.25) is 0 Å². The molecule has 2 heteroatoms. The van der Waals surface area contributed by atoms with Gasteiger partial charge in [0.15, 0.2) is 0 Å². The van der Waals surface area contributed by atoms with Gasteiger partial charge >= 0.3 is 0 Å². The molecule has 1 heterocycles. The molecule has 0 radical (unpaired) electrons. The molecule has 0 amide bonds. The van der Waals surface area contributed by atoms with Crippen molar-refractivity contribution >= 4 is 11.0 Å². The van der Waals surface area contributed by atoms with Crippen LogP contribution in [0.25, 0.3) is 11.0 Å². The van der Waals surface area contributed by atoms with Gasteiger partial charge in [0, 0.05) is 17.0 Å². The maximum absolute atomic E-state index is 6.12. The second kappa shape index (κ2) is 5.79. The number of aryl methyl sites for hydroxylation is 1. The Labute approximate surface area is 116 Å². The van der Waals surface area contributed by atoms with Crippen LogP contribution in [0.15, 0.2) is 22.6 Å². The van der Waals surface area contributed by atoms with Crippen molar-refractivity contribution in [2.45, 2.75) is 53.6 Å². The second-order valence-electron chi connectivity index (χ2n) is 6.09. The van der Waals surface area contributed by atoms with Crippen LogP contribution in [0, 0.1) is 12.8 Å². The van der Waals surface area contributed by atoms with Crippen LogP contribution in [-0.2, 0) is 13.0 Å². The summed E-state index contributed by atoms with van der Waals surface area (Å²) in [7, 11) is 0. The Hall–Kier alpha value is -1.28. The van der Waals surface area contributed by atoms with Gasteiger partial charge in [0.05, 0.1) is 6.54 Å². The Bertz CT molecular complexity index is 552. The highest BCUT2D eigenvalue weighted by Crippen LogP contribution is 2.30. The minimum atomic E-state index is 0.473. The molecule has 0 saturated carbocycles. The summed E-state index contributed by atoms with van der Waals surface area (Å²) in [4.78, 5) is 0. The summed E-state index contributed by atoms with van der Waals surface area (Å²) in [6.07, 6.45) is 1.07. The normalized spacial score (nSPS) is 11.9. The first-order valence-corrected chi connectivity index (χ1v) is 7.22. The van der Waals surface area contributed by atoms with Crippen LogP contribution >= 0.6 is 0 Å². The topological polar surface area (TPSA) is 25.2 Å². The standard InChI is InChI=1S/C17H25NO/c1-11(2)9-15-14-8-6-7-13(5)17(14)19-16(15)10-18-12(3)4/h6-8,11-12,18H,9-10H2,1-5H3. The molecule has 19 heavy (non-hydrogen) atoms. The lowest BCUT2D eigenvalue weighted by Gasteiger charge is -2.09. The first-order chi connectivity index (χ1) is 8.99. The van der Waals surface area contributed by atoms with E-state index in [1.165, 1.54) is 16.5 Å². The second-order valence-corrected chi connectivity index (χ2v) is 6.09.